The third-order valence-corrected chi connectivity index (χ3v) is 5.39. The van der Waals surface area contributed by atoms with Gasteiger partial charge in [-0.3, -0.25) is 9.69 Å². The van der Waals surface area contributed by atoms with Crippen LogP contribution in [0.25, 0.3) is 0 Å². The van der Waals surface area contributed by atoms with E-state index in [4.69, 9.17) is 11.6 Å². The summed E-state index contributed by atoms with van der Waals surface area (Å²) in [4.78, 5) is 17.2. The minimum Gasteiger partial charge on any atom is -0.368 e. The van der Waals surface area contributed by atoms with E-state index in [9.17, 15) is 4.79 Å². The molecule has 26 heavy (non-hydrogen) atoms. The second-order valence-corrected chi connectivity index (χ2v) is 7.37. The number of aryl methyl sites for hydroxylation is 2. The Morgan fingerprint density at radius 3 is 2.42 bits per heavy atom. The van der Waals surface area contributed by atoms with Gasteiger partial charge in [0.05, 0.1) is 16.8 Å². The summed E-state index contributed by atoms with van der Waals surface area (Å²) in [7, 11) is 0. The van der Waals surface area contributed by atoms with Crippen LogP contribution in [0.1, 0.15) is 18.1 Å². The van der Waals surface area contributed by atoms with Crippen LogP contribution in [-0.2, 0) is 4.79 Å². The average molecular weight is 372 g/mol. The van der Waals surface area contributed by atoms with Gasteiger partial charge in [-0.25, -0.2) is 0 Å². The van der Waals surface area contributed by atoms with Crippen molar-refractivity contribution in [2.75, 3.05) is 36.4 Å². The Bertz CT molecular complexity index is 785. The predicted octanol–water partition coefficient (Wildman–Crippen LogP) is 4.11. The summed E-state index contributed by atoms with van der Waals surface area (Å²) in [5, 5.41) is 3.85. The van der Waals surface area contributed by atoms with Crippen molar-refractivity contribution in [2.24, 2.45) is 0 Å². The molecule has 5 heteroatoms. The average Bonchev–Trinajstić information content (AvgIpc) is 2.64. The smallest absolute Gasteiger partial charge is 0.241 e. The molecule has 2 aromatic rings. The molecule has 4 nitrogen and oxygen atoms in total. The summed E-state index contributed by atoms with van der Waals surface area (Å²) in [6.07, 6.45) is 0. The highest BCUT2D eigenvalue weighted by atomic mass is 35.5. The molecule has 1 amide bonds. The van der Waals surface area contributed by atoms with Crippen molar-refractivity contribution >= 4 is 28.9 Å². The van der Waals surface area contributed by atoms with Crippen LogP contribution in [0.2, 0.25) is 5.02 Å². The number of carbonyl (C=O) groups is 1. The number of hydrogen-bond donors (Lipinski definition) is 1. The van der Waals surface area contributed by atoms with Crippen LogP contribution in [0.5, 0.6) is 0 Å². The lowest BCUT2D eigenvalue weighted by Gasteiger charge is -2.38. The Morgan fingerprint density at radius 2 is 1.77 bits per heavy atom. The van der Waals surface area contributed by atoms with Crippen LogP contribution in [0, 0.1) is 13.8 Å². The minimum absolute atomic E-state index is 0.0446. The van der Waals surface area contributed by atoms with Crippen LogP contribution in [0.4, 0.5) is 11.4 Å². The zero-order chi connectivity index (χ0) is 18.7. The summed E-state index contributed by atoms with van der Waals surface area (Å²) in [6, 6.07) is 13.8. The number of piperazine rings is 1. The normalized spacial score (nSPS) is 16.4. The van der Waals surface area contributed by atoms with Gasteiger partial charge >= 0.3 is 0 Å². The van der Waals surface area contributed by atoms with Crippen molar-refractivity contribution in [3.05, 3.63) is 58.6 Å². The molecule has 138 valence electrons. The third kappa shape index (κ3) is 4.19. The molecule has 0 saturated carbocycles. The summed E-state index contributed by atoms with van der Waals surface area (Å²) in [5.74, 6) is 0.0446. The molecule has 0 unspecified atom stereocenters. The number of carbonyl (C=O) groups excluding carboxylic acids is 1. The number of nitrogens with zero attached hydrogens (tertiary/aromatic N) is 2. The van der Waals surface area contributed by atoms with Crippen molar-refractivity contribution in [1.82, 2.24) is 4.90 Å². The number of para-hydroxylation sites is 1. The lowest BCUT2D eigenvalue weighted by Crippen LogP contribution is -2.52. The van der Waals surface area contributed by atoms with Gasteiger partial charge in [-0.15, -0.1) is 0 Å². The number of amides is 1. The predicted molar refractivity (Wildman–Crippen MR) is 109 cm³/mol. The van der Waals surface area contributed by atoms with Crippen LogP contribution >= 0.6 is 11.6 Å². The Hall–Kier alpha value is -2.04. The lowest BCUT2D eigenvalue weighted by molar-refractivity contribution is -0.120. The second kappa shape index (κ2) is 8.11. The first-order valence-electron chi connectivity index (χ1n) is 9.07. The molecule has 1 N–H and O–H groups in total. The molecule has 0 aliphatic carbocycles. The van der Waals surface area contributed by atoms with Gasteiger partial charge in [-0.1, -0.05) is 41.4 Å². The molecule has 1 atom stereocenters. The van der Waals surface area contributed by atoms with Gasteiger partial charge in [0.25, 0.3) is 0 Å². The quantitative estimate of drug-likeness (QED) is 0.878. The monoisotopic (exact) mass is 371 g/mol. The van der Waals surface area contributed by atoms with Gasteiger partial charge in [0.2, 0.25) is 5.91 Å². The van der Waals surface area contributed by atoms with Gasteiger partial charge in [-0.05, 0) is 44.5 Å². The Labute approximate surface area is 160 Å². The van der Waals surface area contributed by atoms with Gasteiger partial charge in [0.1, 0.15) is 0 Å². The highest BCUT2D eigenvalue weighted by Crippen LogP contribution is 2.26. The first-order chi connectivity index (χ1) is 12.5. The highest BCUT2D eigenvalue weighted by molar-refractivity contribution is 6.33. The first-order valence-corrected chi connectivity index (χ1v) is 9.45. The van der Waals surface area contributed by atoms with Crippen LogP contribution < -0.4 is 10.2 Å². The zero-order valence-electron chi connectivity index (χ0n) is 15.6. The number of halogens is 1. The molecule has 0 aromatic heterocycles. The topological polar surface area (TPSA) is 35.6 Å². The maximum atomic E-state index is 12.7. The van der Waals surface area contributed by atoms with Gasteiger partial charge in [0.15, 0.2) is 0 Å². The Balaban J connectivity index is 1.58. The first kappa shape index (κ1) is 18.7. The molecule has 0 spiro atoms. The number of anilines is 2. The fraction of sp³-hybridized carbons (Fsp3) is 0.381. The molecule has 1 saturated heterocycles. The minimum atomic E-state index is -0.163. The summed E-state index contributed by atoms with van der Waals surface area (Å²) >= 11 is 6.30. The van der Waals surface area contributed by atoms with E-state index in [0.717, 1.165) is 48.1 Å². The van der Waals surface area contributed by atoms with E-state index in [1.54, 1.807) is 0 Å². The second-order valence-electron chi connectivity index (χ2n) is 6.96. The number of benzene rings is 2. The standard InChI is InChI=1S/C21H26ClN3O/c1-15-8-9-19(16(2)14-15)23-21(26)17(3)24-10-12-25(13-11-24)20-7-5-4-6-18(20)22/h4-9,14,17H,10-13H2,1-3H3,(H,23,26)/t17-/m0/s1. The number of rotatable bonds is 4. The Morgan fingerprint density at radius 1 is 1.08 bits per heavy atom. The summed E-state index contributed by atoms with van der Waals surface area (Å²) < 4.78 is 0. The fourth-order valence-electron chi connectivity index (χ4n) is 3.42. The summed E-state index contributed by atoms with van der Waals surface area (Å²) in [6.45, 7) is 9.47. The molecule has 1 fully saturated rings. The molecule has 1 aliphatic rings. The van der Waals surface area contributed by atoms with E-state index in [0.29, 0.717) is 0 Å². The molecule has 0 bridgehead atoms. The van der Waals surface area contributed by atoms with E-state index in [-0.39, 0.29) is 11.9 Å². The maximum absolute atomic E-state index is 12.7. The van der Waals surface area contributed by atoms with Gasteiger partial charge in [-0.2, -0.15) is 0 Å². The Kier molecular flexibility index (Phi) is 5.84. The van der Waals surface area contributed by atoms with Crippen LogP contribution in [0.3, 0.4) is 0 Å². The fourth-order valence-corrected chi connectivity index (χ4v) is 3.67. The molecule has 3 rings (SSSR count). The van der Waals surface area contributed by atoms with E-state index >= 15 is 0 Å². The van der Waals surface area contributed by atoms with E-state index < -0.39 is 0 Å². The molecule has 1 heterocycles. The summed E-state index contributed by atoms with van der Waals surface area (Å²) in [5.41, 5.74) is 4.25. The van der Waals surface area contributed by atoms with Crippen LogP contribution in [-0.4, -0.2) is 43.0 Å². The molecule has 2 aromatic carbocycles. The largest absolute Gasteiger partial charge is 0.368 e. The van der Waals surface area contributed by atoms with Crippen molar-refractivity contribution in [2.45, 2.75) is 26.8 Å². The van der Waals surface area contributed by atoms with Crippen LogP contribution in [0.15, 0.2) is 42.5 Å². The molecular weight excluding hydrogens is 346 g/mol. The molecule has 0 radical (unpaired) electrons. The van der Waals surface area contributed by atoms with Crippen molar-refractivity contribution in [1.29, 1.82) is 0 Å². The maximum Gasteiger partial charge on any atom is 0.241 e. The highest BCUT2D eigenvalue weighted by Gasteiger charge is 2.26. The SMILES string of the molecule is Cc1ccc(NC(=O)[C@H](C)N2CCN(c3ccccc3Cl)CC2)c(C)c1. The van der Waals surface area contributed by atoms with Crippen molar-refractivity contribution < 1.29 is 4.79 Å². The zero-order valence-corrected chi connectivity index (χ0v) is 16.4. The number of hydrogen-bond acceptors (Lipinski definition) is 3. The van der Waals surface area contributed by atoms with E-state index in [2.05, 4.69) is 28.1 Å². The molecule has 1 aliphatic heterocycles. The van der Waals surface area contributed by atoms with Gasteiger partial charge < -0.3 is 10.2 Å². The van der Waals surface area contributed by atoms with E-state index in [1.165, 1.54) is 5.56 Å². The third-order valence-electron chi connectivity index (χ3n) is 5.07. The van der Waals surface area contributed by atoms with E-state index in [1.807, 2.05) is 50.2 Å². The van der Waals surface area contributed by atoms with Crippen molar-refractivity contribution in [3.63, 3.8) is 0 Å². The van der Waals surface area contributed by atoms with Gasteiger partial charge in [0, 0.05) is 31.9 Å². The molecular formula is C21H26ClN3O. The number of nitrogens with one attached hydrogen (secondary N) is 1. The van der Waals surface area contributed by atoms with Crippen molar-refractivity contribution in [3.8, 4) is 0 Å². The lowest BCUT2D eigenvalue weighted by atomic mass is 10.1.